The van der Waals surface area contributed by atoms with Gasteiger partial charge < -0.3 is 16.2 Å². The summed E-state index contributed by atoms with van der Waals surface area (Å²) < 4.78 is 0. The van der Waals surface area contributed by atoms with Crippen LogP contribution < -0.4 is 11.1 Å². The van der Waals surface area contributed by atoms with Crippen LogP contribution in [0.4, 0.5) is 11.4 Å². The maximum absolute atomic E-state index is 11.2. The highest BCUT2D eigenvalue weighted by Crippen LogP contribution is 2.35. The van der Waals surface area contributed by atoms with Crippen molar-refractivity contribution in [3.63, 3.8) is 0 Å². The summed E-state index contributed by atoms with van der Waals surface area (Å²) in [5.41, 5.74) is 9.67. The zero-order valence-electron chi connectivity index (χ0n) is 11.0. The number of nitrogens with one attached hydrogen (secondary N) is 1. The minimum absolute atomic E-state index is 0.220. The topological polar surface area (TPSA) is 75.3 Å². The van der Waals surface area contributed by atoms with Crippen LogP contribution in [-0.4, -0.2) is 17.6 Å². The lowest BCUT2D eigenvalue weighted by molar-refractivity contribution is 0.0698. The summed E-state index contributed by atoms with van der Waals surface area (Å²) in [5.74, 6) is -0.515. The molecule has 1 atom stereocenters. The van der Waals surface area contributed by atoms with Crippen molar-refractivity contribution in [2.45, 2.75) is 12.3 Å². The number of carboxylic acids is 1. The van der Waals surface area contributed by atoms with Gasteiger partial charge in [0.2, 0.25) is 0 Å². The zero-order chi connectivity index (χ0) is 14.1. The number of rotatable bonds is 4. The van der Waals surface area contributed by atoms with Crippen LogP contribution in [0.5, 0.6) is 0 Å². The molecule has 0 amide bonds. The van der Waals surface area contributed by atoms with Crippen LogP contribution in [0.25, 0.3) is 0 Å². The molecule has 0 fully saturated rings. The molecule has 102 valence electrons. The first-order valence-electron chi connectivity index (χ1n) is 6.59. The van der Waals surface area contributed by atoms with Gasteiger partial charge in [-0.15, -0.1) is 0 Å². The van der Waals surface area contributed by atoms with Crippen molar-refractivity contribution in [1.82, 2.24) is 0 Å². The van der Waals surface area contributed by atoms with Crippen LogP contribution in [0.2, 0.25) is 0 Å². The minimum atomic E-state index is -0.964. The van der Waals surface area contributed by atoms with Crippen molar-refractivity contribution in [1.29, 1.82) is 0 Å². The van der Waals surface area contributed by atoms with Gasteiger partial charge in [0.1, 0.15) is 0 Å². The molecule has 4 heteroatoms. The van der Waals surface area contributed by atoms with Crippen LogP contribution in [0.3, 0.4) is 0 Å². The van der Waals surface area contributed by atoms with Crippen molar-refractivity contribution < 1.29 is 9.90 Å². The van der Waals surface area contributed by atoms with E-state index in [2.05, 4.69) is 17.4 Å². The smallest absolute Gasteiger partial charge is 0.337 e. The Bertz CT molecular complexity index is 667. The zero-order valence-corrected chi connectivity index (χ0v) is 11.0. The molecule has 0 spiro atoms. The van der Waals surface area contributed by atoms with Gasteiger partial charge >= 0.3 is 5.97 Å². The first-order chi connectivity index (χ1) is 9.65. The van der Waals surface area contributed by atoms with Gasteiger partial charge in [-0.25, -0.2) is 4.79 Å². The molecule has 4 N–H and O–H groups in total. The molecular formula is C16H16N2O2. The third kappa shape index (κ3) is 2.20. The van der Waals surface area contributed by atoms with Gasteiger partial charge in [0, 0.05) is 23.8 Å². The van der Waals surface area contributed by atoms with E-state index in [0.29, 0.717) is 17.3 Å². The quantitative estimate of drug-likeness (QED) is 0.745. The Morgan fingerprint density at radius 3 is 2.85 bits per heavy atom. The number of carboxylic acid groups (broad SMARTS) is 1. The van der Waals surface area contributed by atoms with E-state index in [0.717, 1.165) is 13.0 Å². The summed E-state index contributed by atoms with van der Waals surface area (Å²) in [5, 5.41) is 12.4. The van der Waals surface area contributed by atoms with E-state index in [1.165, 1.54) is 17.2 Å². The number of nitrogens with two attached hydrogens (primary N) is 1. The second-order valence-corrected chi connectivity index (χ2v) is 5.09. The Morgan fingerprint density at radius 2 is 2.10 bits per heavy atom. The van der Waals surface area contributed by atoms with Crippen molar-refractivity contribution in [2.24, 2.45) is 0 Å². The Kier molecular flexibility index (Phi) is 3.06. The van der Waals surface area contributed by atoms with Gasteiger partial charge in [-0.3, -0.25) is 0 Å². The predicted octanol–water partition coefficient (Wildman–Crippen LogP) is 2.72. The first kappa shape index (κ1) is 12.5. The molecule has 2 aromatic carbocycles. The predicted molar refractivity (Wildman–Crippen MR) is 79.2 cm³/mol. The molecule has 0 saturated carbocycles. The molecule has 2 aromatic rings. The lowest BCUT2D eigenvalue weighted by atomic mass is 9.77. The molecule has 1 aliphatic rings. The van der Waals surface area contributed by atoms with Crippen LogP contribution in [0.15, 0.2) is 42.5 Å². The van der Waals surface area contributed by atoms with Crippen molar-refractivity contribution >= 4 is 17.3 Å². The van der Waals surface area contributed by atoms with Gasteiger partial charge in [0.15, 0.2) is 0 Å². The number of fused-ring (bicyclic) bond motifs is 1. The second kappa shape index (κ2) is 4.89. The number of nitrogen functional groups attached to an aromatic ring is 1. The lowest BCUT2D eigenvalue weighted by Crippen LogP contribution is -2.24. The first-order valence-corrected chi connectivity index (χ1v) is 6.59. The number of anilines is 2. The van der Waals surface area contributed by atoms with E-state index in [1.54, 1.807) is 12.1 Å². The standard InChI is InChI=1S/C16H16N2O2/c17-12-5-6-15(14(8-12)16(19)20)18-9-11-7-10-3-1-2-4-13(10)11/h1-6,8,11,18H,7,9,17H2,(H,19,20). The van der Waals surface area contributed by atoms with Crippen LogP contribution in [-0.2, 0) is 6.42 Å². The van der Waals surface area contributed by atoms with E-state index in [-0.39, 0.29) is 5.56 Å². The molecule has 3 rings (SSSR count). The summed E-state index contributed by atoms with van der Waals surface area (Å²) in [4.78, 5) is 11.2. The molecule has 0 aliphatic heterocycles. The Morgan fingerprint density at radius 1 is 1.30 bits per heavy atom. The average Bonchev–Trinajstić information content (AvgIpc) is 2.41. The Hall–Kier alpha value is -2.49. The fourth-order valence-corrected chi connectivity index (χ4v) is 2.67. The monoisotopic (exact) mass is 268 g/mol. The molecule has 0 saturated heterocycles. The molecule has 0 bridgehead atoms. The van der Waals surface area contributed by atoms with Gasteiger partial charge in [-0.1, -0.05) is 24.3 Å². The van der Waals surface area contributed by atoms with E-state index >= 15 is 0 Å². The summed E-state index contributed by atoms with van der Waals surface area (Å²) in [7, 11) is 0. The summed E-state index contributed by atoms with van der Waals surface area (Å²) in [6, 6.07) is 13.3. The number of hydrogen-bond acceptors (Lipinski definition) is 3. The highest BCUT2D eigenvalue weighted by molar-refractivity contribution is 5.95. The number of aromatic carboxylic acids is 1. The number of hydrogen-bond donors (Lipinski definition) is 3. The molecule has 4 nitrogen and oxygen atoms in total. The van der Waals surface area contributed by atoms with E-state index in [9.17, 15) is 9.90 Å². The third-order valence-corrected chi connectivity index (χ3v) is 3.77. The van der Waals surface area contributed by atoms with E-state index < -0.39 is 5.97 Å². The molecule has 1 aliphatic carbocycles. The fourth-order valence-electron chi connectivity index (χ4n) is 2.67. The average molecular weight is 268 g/mol. The minimum Gasteiger partial charge on any atom is -0.478 e. The summed E-state index contributed by atoms with van der Waals surface area (Å²) >= 11 is 0. The molecule has 0 radical (unpaired) electrons. The van der Waals surface area contributed by atoms with E-state index in [4.69, 9.17) is 5.73 Å². The Labute approximate surface area is 117 Å². The largest absolute Gasteiger partial charge is 0.478 e. The SMILES string of the molecule is Nc1ccc(NCC2Cc3ccccc32)c(C(=O)O)c1. The molecular weight excluding hydrogens is 252 g/mol. The second-order valence-electron chi connectivity index (χ2n) is 5.09. The van der Waals surface area contributed by atoms with Crippen molar-refractivity contribution in [3.8, 4) is 0 Å². The Balaban J connectivity index is 1.73. The number of benzene rings is 2. The molecule has 0 heterocycles. The van der Waals surface area contributed by atoms with Crippen LogP contribution in [0.1, 0.15) is 27.4 Å². The molecule has 0 aromatic heterocycles. The third-order valence-electron chi connectivity index (χ3n) is 3.77. The molecule has 1 unspecified atom stereocenters. The van der Waals surface area contributed by atoms with Gasteiger partial charge in [-0.05, 0) is 35.7 Å². The highest BCUT2D eigenvalue weighted by Gasteiger charge is 2.25. The van der Waals surface area contributed by atoms with Crippen LogP contribution in [0, 0.1) is 0 Å². The normalized spacial score (nSPS) is 16.1. The van der Waals surface area contributed by atoms with Crippen molar-refractivity contribution in [2.75, 3.05) is 17.6 Å². The van der Waals surface area contributed by atoms with Gasteiger partial charge in [-0.2, -0.15) is 0 Å². The van der Waals surface area contributed by atoms with Crippen LogP contribution >= 0.6 is 0 Å². The fraction of sp³-hybridized carbons (Fsp3) is 0.188. The van der Waals surface area contributed by atoms with Gasteiger partial charge in [0.05, 0.1) is 5.56 Å². The number of carbonyl (C=O) groups is 1. The maximum atomic E-state index is 11.2. The highest BCUT2D eigenvalue weighted by atomic mass is 16.4. The summed E-state index contributed by atoms with van der Waals surface area (Å²) in [6.07, 6.45) is 1.04. The molecule has 20 heavy (non-hydrogen) atoms. The van der Waals surface area contributed by atoms with E-state index in [1.807, 2.05) is 12.1 Å². The van der Waals surface area contributed by atoms with Crippen molar-refractivity contribution in [3.05, 3.63) is 59.2 Å². The maximum Gasteiger partial charge on any atom is 0.337 e. The lowest BCUT2D eigenvalue weighted by Gasteiger charge is -2.30. The summed E-state index contributed by atoms with van der Waals surface area (Å²) in [6.45, 7) is 0.737. The van der Waals surface area contributed by atoms with Gasteiger partial charge in [0.25, 0.3) is 0 Å².